The van der Waals surface area contributed by atoms with E-state index in [-0.39, 0.29) is 18.0 Å². The van der Waals surface area contributed by atoms with Gasteiger partial charge in [-0.05, 0) is 19.8 Å². The SMILES string of the molecule is CCC(C)C(C)NC(=O)c1csc(C(C)N)n1. The fraction of sp³-hybridized carbons (Fsp3) is 0.667. The number of rotatable bonds is 5. The molecule has 0 aromatic carbocycles. The van der Waals surface area contributed by atoms with Crippen LogP contribution in [0.4, 0.5) is 0 Å². The summed E-state index contributed by atoms with van der Waals surface area (Å²) >= 11 is 1.43. The van der Waals surface area contributed by atoms with Gasteiger partial charge < -0.3 is 11.1 Å². The van der Waals surface area contributed by atoms with Gasteiger partial charge in [-0.2, -0.15) is 0 Å². The summed E-state index contributed by atoms with van der Waals surface area (Å²) in [4.78, 5) is 16.1. The van der Waals surface area contributed by atoms with E-state index in [4.69, 9.17) is 5.73 Å². The Kier molecular flexibility index (Phi) is 5.08. The van der Waals surface area contributed by atoms with Gasteiger partial charge in [0.25, 0.3) is 5.91 Å². The van der Waals surface area contributed by atoms with E-state index in [1.165, 1.54) is 11.3 Å². The molecule has 4 nitrogen and oxygen atoms in total. The van der Waals surface area contributed by atoms with Crippen LogP contribution in [0, 0.1) is 5.92 Å². The fourth-order valence-electron chi connectivity index (χ4n) is 1.38. The average Bonchev–Trinajstić information content (AvgIpc) is 2.77. The van der Waals surface area contributed by atoms with E-state index < -0.39 is 0 Å². The molecule has 3 atom stereocenters. The van der Waals surface area contributed by atoms with Gasteiger partial charge in [-0.3, -0.25) is 4.79 Å². The number of thiazole rings is 1. The third kappa shape index (κ3) is 3.78. The van der Waals surface area contributed by atoms with Crippen molar-refractivity contribution in [1.82, 2.24) is 10.3 Å². The van der Waals surface area contributed by atoms with Crippen molar-refractivity contribution in [3.8, 4) is 0 Å². The second kappa shape index (κ2) is 6.12. The van der Waals surface area contributed by atoms with Crippen LogP contribution in [0.1, 0.15) is 55.7 Å². The van der Waals surface area contributed by atoms with Gasteiger partial charge in [0.2, 0.25) is 0 Å². The van der Waals surface area contributed by atoms with Crippen molar-refractivity contribution in [3.63, 3.8) is 0 Å². The van der Waals surface area contributed by atoms with Crippen molar-refractivity contribution in [2.24, 2.45) is 11.7 Å². The molecule has 1 amide bonds. The Bertz CT molecular complexity index is 376. The zero-order chi connectivity index (χ0) is 13.0. The molecule has 0 radical (unpaired) electrons. The van der Waals surface area contributed by atoms with Crippen LogP contribution in [0.15, 0.2) is 5.38 Å². The van der Waals surface area contributed by atoms with Crippen LogP contribution in [-0.4, -0.2) is 16.9 Å². The van der Waals surface area contributed by atoms with Crippen molar-refractivity contribution in [2.75, 3.05) is 0 Å². The van der Waals surface area contributed by atoms with Gasteiger partial charge in [0, 0.05) is 11.4 Å². The lowest BCUT2D eigenvalue weighted by Crippen LogP contribution is -2.37. The topological polar surface area (TPSA) is 68.0 Å². The summed E-state index contributed by atoms with van der Waals surface area (Å²) in [5.41, 5.74) is 6.18. The zero-order valence-corrected chi connectivity index (χ0v) is 11.7. The van der Waals surface area contributed by atoms with Crippen LogP contribution < -0.4 is 11.1 Å². The van der Waals surface area contributed by atoms with E-state index >= 15 is 0 Å². The maximum Gasteiger partial charge on any atom is 0.270 e. The Balaban J connectivity index is 2.63. The molecule has 0 saturated heterocycles. The summed E-state index contributed by atoms with van der Waals surface area (Å²) in [6.07, 6.45) is 1.05. The lowest BCUT2D eigenvalue weighted by atomic mass is 10.0. The van der Waals surface area contributed by atoms with Crippen LogP contribution in [-0.2, 0) is 0 Å². The lowest BCUT2D eigenvalue weighted by Gasteiger charge is -2.19. The van der Waals surface area contributed by atoms with Crippen molar-refractivity contribution < 1.29 is 4.79 Å². The van der Waals surface area contributed by atoms with E-state index in [1.54, 1.807) is 5.38 Å². The van der Waals surface area contributed by atoms with Gasteiger partial charge in [0.15, 0.2) is 0 Å². The van der Waals surface area contributed by atoms with Gasteiger partial charge >= 0.3 is 0 Å². The summed E-state index contributed by atoms with van der Waals surface area (Å²) < 4.78 is 0. The van der Waals surface area contributed by atoms with Gasteiger partial charge in [0.05, 0.1) is 6.04 Å². The Morgan fingerprint density at radius 2 is 2.18 bits per heavy atom. The maximum absolute atomic E-state index is 11.9. The van der Waals surface area contributed by atoms with E-state index in [0.29, 0.717) is 11.6 Å². The predicted molar refractivity (Wildman–Crippen MR) is 71.1 cm³/mol. The van der Waals surface area contributed by atoms with E-state index in [2.05, 4.69) is 24.1 Å². The molecule has 1 aromatic heterocycles. The third-order valence-corrected chi connectivity index (χ3v) is 4.05. The summed E-state index contributed by atoms with van der Waals surface area (Å²) in [6, 6.07) is 0.0430. The highest BCUT2D eigenvalue weighted by Crippen LogP contribution is 2.16. The van der Waals surface area contributed by atoms with Gasteiger partial charge in [-0.1, -0.05) is 20.3 Å². The van der Waals surface area contributed by atoms with Crippen molar-refractivity contribution in [2.45, 2.75) is 46.2 Å². The van der Waals surface area contributed by atoms with Crippen molar-refractivity contribution >= 4 is 17.2 Å². The minimum absolute atomic E-state index is 0.110. The maximum atomic E-state index is 11.9. The molecule has 17 heavy (non-hydrogen) atoms. The highest BCUT2D eigenvalue weighted by molar-refractivity contribution is 7.09. The number of aromatic nitrogens is 1. The minimum Gasteiger partial charge on any atom is -0.348 e. The molecule has 1 aromatic rings. The second-order valence-corrected chi connectivity index (χ2v) is 5.40. The number of carbonyl (C=O) groups excluding carboxylic acids is 1. The summed E-state index contributed by atoms with van der Waals surface area (Å²) in [5, 5.41) is 5.52. The molecule has 0 fully saturated rings. The van der Waals surface area contributed by atoms with Crippen LogP contribution in [0.5, 0.6) is 0 Å². The molecule has 5 heteroatoms. The molecule has 3 N–H and O–H groups in total. The summed E-state index contributed by atoms with van der Waals surface area (Å²) in [7, 11) is 0. The summed E-state index contributed by atoms with van der Waals surface area (Å²) in [5.74, 6) is 0.353. The smallest absolute Gasteiger partial charge is 0.270 e. The first-order valence-electron chi connectivity index (χ1n) is 5.97. The standard InChI is InChI=1S/C12H21N3OS/c1-5-7(2)9(4)14-11(16)10-6-17-12(15-10)8(3)13/h6-9H,5,13H2,1-4H3,(H,14,16). The van der Waals surface area contributed by atoms with E-state index in [1.807, 2.05) is 13.8 Å². The Morgan fingerprint density at radius 3 is 2.65 bits per heavy atom. The highest BCUT2D eigenvalue weighted by Gasteiger charge is 2.17. The predicted octanol–water partition coefficient (Wildman–Crippen LogP) is 2.33. The fourth-order valence-corrected chi connectivity index (χ4v) is 2.14. The zero-order valence-electron chi connectivity index (χ0n) is 10.9. The second-order valence-electron chi connectivity index (χ2n) is 4.51. The van der Waals surface area contributed by atoms with Crippen LogP contribution in [0.2, 0.25) is 0 Å². The number of nitrogens with two attached hydrogens (primary N) is 1. The molecule has 1 heterocycles. The molecular formula is C12H21N3OS. The molecule has 0 spiro atoms. The molecule has 0 bridgehead atoms. The monoisotopic (exact) mass is 255 g/mol. The number of amides is 1. The van der Waals surface area contributed by atoms with Crippen LogP contribution in [0.3, 0.4) is 0 Å². The molecular weight excluding hydrogens is 234 g/mol. The lowest BCUT2D eigenvalue weighted by molar-refractivity contribution is 0.0923. The highest BCUT2D eigenvalue weighted by atomic mass is 32.1. The molecule has 0 aliphatic carbocycles. The van der Waals surface area contributed by atoms with Crippen molar-refractivity contribution in [1.29, 1.82) is 0 Å². The molecule has 3 unspecified atom stereocenters. The van der Waals surface area contributed by atoms with Crippen LogP contribution >= 0.6 is 11.3 Å². The first kappa shape index (κ1) is 14.1. The Hall–Kier alpha value is -0.940. The Labute approximate surface area is 107 Å². The van der Waals surface area contributed by atoms with Crippen molar-refractivity contribution in [3.05, 3.63) is 16.1 Å². The molecule has 0 saturated carbocycles. The quantitative estimate of drug-likeness (QED) is 0.848. The molecule has 0 aliphatic heterocycles. The normalized spacial score (nSPS) is 16.3. The number of nitrogens with one attached hydrogen (secondary N) is 1. The largest absolute Gasteiger partial charge is 0.348 e. The molecule has 1 rings (SSSR count). The third-order valence-electron chi connectivity index (χ3n) is 3.00. The number of hydrogen-bond donors (Lipinski definition) is 2. The minimum atomic E-state index is -0.117. The van der Waals surface area contributed by atoms with Gasteiger partial charge in [-0.15, -0.1) is 11.3 Å². The van der Waals surface area contributed by atoms with Gasteiger partial charge in [-0.25, -0.2) is 4.98 Å². The number of carbonyl (C=O) groups is 1. The first-order valence-corrected chi connectivity index (χ1v) is 6.85. The first-order chi connectivity index (χ1) is 7.95. The van der Waals surface area contributed by atoms with Crippen LogP contribution in [0.25, 0.3) is 0 Å². The average molecular weight is 255 g/mol. The van der Waals surface area contributed by atoms with E-state index in [9.17, 15) is 4.79 Å². The van der Waals surface area contributed by atoms with E-state index in [0.717, 1.165) is 11.4 Å². The number of nitrogens with zero attached hydrogens (tertiary/aromatic N) is 1. The summed E-state index contributed by atoms with van der Waals surface area (Å²) in [6.45, 7) is 8.12. The number of hydrogen-bond acceptors (Lipinski definition) is 4. The molecule has 0 aliphatic rings. The Morgan fingerprint density at radius 1 is 1.53 bits per heavy atom. The molecule has 96 valence electrons. The van der Waals surface area contributed by atoms with Gasteiger partial charge in [0.1, 0.15) is 10.7 Å².